The van der Waals surface area contributed by atoms with Crippen LogP contribution in [0.1, 0.15) is 32.3 Å². The van der Waals surface area contributed by atoms with Gasteiger partial charge in [-0.15, -0.1) is 10.2 Å². The summed E-state index contributed by atoms with van der Waals surface area (Å²) in [5.74, 6) is -1.66. The van der Waals surface area contributed by atoms with Crippen LogP contribution in [-0.4, -0.2) is 47.2 Å². The standard InChI is InChI=1S/C18H22ClFN4O3S3/c1-11(2)28-18-23-22-17(29-18)21-16(25)12-6-8-24(9-7-12)30(26,27)10-13-14(19)4-3-5-15(13)20/h3-5,11-12H,6-10H2,1-2H3,(H,21,22,25). The van der Waals surface area contributed by atoms with E-state index in [-0.39, 0.29) is 35.5 Å². The topological polar surface area (TPSA) is 92.3 Å². The third-order valence-electron chi connectivity index (χ3n) is 4.58. The maximum atomic E-state index is 14.0. The van der Waals surface area contributed by atoms with Gasteiger partial charge in [-0.3, -0.25) is 4.79 Å². The smallest absolute Gasteiger partial charge is 0.229 e. The van der Waals surface area contributed by atoms with E-state index in [9.17, 15) is 17.6 Å². The van der Waals surface area contributed by atoms with Crippen molar-refractivity contribution in [2.24, 2.45) is 5.92 Å². The van der Waals surface area contributed by atoms with E-state index in [0.717, 1.165) is 4.34 Å². The molecule has 1 aliphatic heterocycles. The first-order valence-electron chi connectivity index (χ1n) is 9.37. The fourth-order valence-electron chi connectivity index (χ4n) is 3.06. The Balaban J connectivity index is 1.56. The zero-order valence-electron chi connectivity index (χ0n) is 16.5. The van der Waals surface area contributed by atoms with Gasteiger partial charge in [0.2, 0.25) is 21.1 Å². The quantitative estimate of drug-likeness (QED) is 0.463. The van der Waals surface area contributed by atoms with E-state index in [1.165, 1.54) is 33.8 Å². The fraction of sp³-hybridized carbons (Fsp3) is 0.500. The largest absolute Gasteiger partial charge is 0.300 e. The van der Waals surface area contributed by atoms with Crippen LogP contribution in [0.4, 0.5) is 9.52 Å². The molecular formula is C18H22ClFN4O3S3. The number of benzene rings is 1. The molecule has 2 aromatic rings. The molecule has 0 aliphatic carbocycles. The van der Waals surface area contributed by atoms with Gasteiger partial charge >= 0.3 is 0 Å². The molecule has 164 valence electrons. The molecule has 1 aliphatic rings. The van der Waals surface area contributed by atoms with Crippen LogP contribution in [0.2, 0.25) is 5.02 Å². The minimum Gasteiger partial charge on any atom is -0.300 e. The number of nitrogens with one attached hydrogen (secondary N) is 1. The average Bonchev–Trinajstić information content (AvgIpc) is 3.11. The Morgan fingerprint density at radius 1 is 1.37 bits per heavy atom. The Labute approximate surface area is 188 Å². The first-order valence-corrected chi connectivity index (χ1v) is 13.1. The third-order valence-corrected chi connectivity index (χ3v) is 8.67. The maximum absolute atomic E-state index is 14.0. The number of thioether (sulfide) groups is 1. The van der Waals surface area contributed by atoms with Gasteiger partial charge < -0.3 is 5.32 Å². The maximum Gasteiger partial charge on any atom is 0.229 e. The first kappa shape index (κ1) is 23.4. The summed E-state index contributed by atoms with van der Waals surface area (Å²) in [6.07, 6.45) is 0.755. The molecule has 0 spiro atoms. The second-order valence-electron chi connectivity index (χ2n) is 7.16. The summed E-state index contributed by atoms with van der Waals surface area (Å²) in [4.78, 5) is 12.5. The summed E-state index contributed by atoms with van der Waals surface area (Å²) in [5, 5.41) is 11.7. The van der Waals surface area contributed by atoms with Gasteiger partial charge in [-0.1, -0.05) is 54.6 Å². The Morgan fingerprint density at radius 3 is 2.70 bits per heavy atom. The normalized spacial score (nSPS) is 16.2. The lowest BCUT2D eigenvalue weighted by Gasteiger charge is -2.30. The number of amides is 1. The lowest BCUT2D eigenvalue weighted by Crippen LogP contribution is -2.42. The van der Waals surface area contributed by atoms with E-state index in [2.05, 4.69) is 15.5 Å². The molecule has 1 aromatic heterocycles. The Morgan fingerprint density at radius 2 is 2.07 bits per heavy atom. The second kappa shape index (κ2) is 9.90. The number of hydrogen-bond acceptors (Lipinski definition) is 7. The van der Waals surface area contributed by atoms with E-state index in [4.69, 9.17) is 11.6 Å². The first-order chi connectivity index (χ1) is 14.2. The number of rotatable bonds is 7. The Hall–Kier alpha value is -1.27. The van der Waals surface area contributed by atoms with Crippen LogP contribution in [0.15, 0.2) is 22.5 Å². The van der Waals surface area contributed by atoms with Crippen molar-refractivity contribution in [3.8, 4) is 0 Å². The highest BCUT2D eigenvalue weighted by molar-refractivity contribution is 8.01. The summed E-state index contributed by atoms with van der Waals surface area (Å²) < 4.78 is 41.4. The average molecular weight is 493 g/mol. The number of aromatic nitrogens is 2. The molecule has 1 N–H and O–H groups in total. The molecule has 0 atom stereocenters. The molecule has 1 saturated heterocycles. The minimum atomic E-state index is -3.74. The summed E-state index contributed by atoms with van der Waals surface area (Å²) in [5.41, 5.74) is -0.0367. The third kappa shape index (κ3) is 5.91. The molecule has 1 aromatic carbocycles. The molecule has 30 heavy (non-hydrogen) atoms. The lowest BCUT2D eigenvalue weighted by atomic mass is 9.97. The van der Waals surface area contributed by atoms with Crippen molar-refractivity contribution in [2.75, 3.05) is 18.4 Å². The van der Waals surface area contributed by atoms with Crippen molar-refractivity contribution in [1.29, 1.82) is 0 Å². The molecule has 3 rings (SSSR count). The molecule has 0 radical (unpaired) electrons. The van der Waals surface area contributed by atoms with Gasteiger partial charge in [-0.2, -0.15) is 0 Å². The highest BCUT2D eigenvalue weighted by atomic mass is 35.5. The van der Waals surface area contributed by atoms with Gasteiger partial charge in [-0.25, -0.2) is 17.1 Å². The van der Waals surface area contributed by atoms with E-state index >= 15 is 0 Å². The van der Waals surface area contributed by atoms with Gasteiger partial charge in [0, 0.05) is 34.8 Å². The SMILES string of the molecule is CC(C)Sc1nnc(NC(=O)C2CCN(S(=O)(=O)Cc3c(F)cccc3Cl)CC2)s1. The molecule has 7 nitrogen and oxygen atoms in total. The van der Waals surface area contributed by atoms with E-state index in [0.29, 0.717) is 23.2 Å². The number of carbonyl (C=O) groups excluding carboxylic acids is 1. The van der Waals surface area contributed by atoms with E-state index < -0.39 is 21.6 Å². The molecule has 2 heterocycles. The zero-order valence-corrected chi connectivity index (χ0v) is 19.7. The van der Waals surface area contributed by atoms with Crippen LogP contribution in [-0.2, 0) is 20.6 Å². The monoisotopic (exact) mass is 492 g/mol. The molecule has 0 bridgehead atoms. The van der Waals surface area contributed by atoms with Crippen molar-refractivity contribution in [3.05, 3.63) is 34.6 Å². The number of sulfonamides is 1. The van der Waals surface area contributed by atoms with E-state index in [1.807, 2.05) is 13.8 Å². The van der Waals surface area contributed by atoms with Gasteiger partial charge in [-0.05, 0) is 25.0 Å². The van der Waals surface area contributed by atoms with Gasteiger partial charge in [0.1, 0.15) is 5.82 Å². The number of nitrogens with zero attached hydrogens (tertiary/aromatic N) is 3. The number of piperidine rings is 1. The highest BCUT2D eigenvalue weighted by Gasteiger charge is 2.32. The van der Waals surface area contributed by atoms with Crippen molar-refractivity contribution in [1.82, 2.24) is 14.5 Å². The summed E-state index contributed by atoms with van der Waals surface area (Å²) in [6.45, 7) is 4.48. The van der Waals surface area contributed by atoms with Crippen molar-refractivity contribution in [2.45, 2.75) is 42.0 Å². The molecule has 1 amide bonds. The van der Waals surface area contributed by atoms with Crippen LogP contribution in [0.3, 0.4) is 0 Å². The second-order valence-corrected chi connectivity index (χ2v) is 12.3. The highest BCUT2D eigenvalue weighted by Crippen LogP contribution is 2.30. The van der Waals surface area contributed by atoms with Gasteiger partial charge in [0.15, 0.2) is 4.34 Å². The molecule has 0 saturated carbocycles. The Kier molecular flexibility index (Phi) is 7.72. The van der Waals surface area contributed by atoms with Crippen LogP contribution >= 0.6 is 34.7 Å². The molecule has 1 fully saturated rings. The van der Waals surface area contributed by atoms with Crippen LogP contribution in [0.25, 0.3) is 0 Å². The lowest BCUT2D eigenvalue weighted by molar-refractivity contribution is -0.120. The van der Waals surface area contributed by atoms with Crippen LogP contribution in [0, 0.1) is 11.7 Å². The predicted octanol–water partition coefficient (Wildman–Crippen LogP) is 4.01. The number of halogens is 2. The van der Waals surface area contributed by atoms with Gasteiger partial charge in [0.25, 0.3) is 0 Å². The molecule has 12 heteroatoms. The zero-order chi connectivity index (χ0) is 21.9. The van der Waals surface area contributed by atoms with Crippen molar-refractivity contribution >= 4 is 55.8 Å². The van der Waals surface area contributed by atoms with Crippen LogP contribution in [0.5, 0.6) is 0 Å². The summed E-state index contributed by atoms with van der Waals surface area (Å²) in [7, 11) is -3.74. The minimum absolute atomic E-state index is 0.0367. The number of hydrogen-bond donors (Lipinski definition) is 1. The predicted molar refractivity (Wildman–Crippen MR) is 118 cm³/mol. The molecular weight excluding hydrogens is 471 g/mol. The number of anilines is 1. The number of carbonyl (C=O) groups is 1. The molecule has 0 unspecified atom stereocenters. The Bertz CT molecular complexity index is 988. The van der Waals surface area contributed by atoms with Crippen LogP contribution < -0.4 is 5.32 Å². The van der Waals surface area contributed by atoms with E-state index in [1.54, 1.807) is 11.8 Å². The van der Waals surface area contributed by atoms with Crippen molar-refractivity contribution < 1.29 is 17.6 Å². The summed E-state index contributed by atoms with van der Waals surface area (Å²) in [6, 6.07) is 4.08. The van der Waals surface area contributed by atoms with Crippen molar-refractivity contribution in [3.63, 3.8) is 0 Å². The summed E-state index contributed by atoms with van der Waals surface area (Å²) >= 11 is 8.85. The fourth-order valence-corrected chi connectivity index (χ4v) is 6.95. The van der Waals surface area contributed by atoms with Gasteiger partial charge in [0.05, 0.1) is 5.75 Å².